The highest BCUT2D eigenvalue weighted by atomic mass is 32.2. The van der Waals surface area contributed by atoms with Crippen molar-refractivity contribution in [2.75, 3.05) is 7.11 Å². The van der Waals surface area contributed by atoms with Crippen LogP contribution >= 0.6 is 11.8 Å². The molecule has 0 heterocycles. The van der Waals surface area contributed by atoms with Gasteiger partial charge in [-0.25, -0.2) is 8.78 Å². The van der Waals surface area contributed by atoms with E-state index in [1.54, 1.807) is 19.2 Å². The quantitative estimate of drug-likeness (QED) is 0.920. The molecule has 2 nitrogen and oxygen atoms in total. The lowest BCUT2D eigenvalue weighted by Crippen LogP contribution is -2.08. The van der Waals surface area contributed by atoms with Crippen molar-refractivity contribution in [2.45, 2.75) is 22.8 Å². The number of methoxy groups -OCH3 is 1. The van der Waals surface area contributed by atoms with E-state index in [1.807, 2.05) is 13.0 Å². The maximum Gasteiger partial charge on any atom is 0.137 e. The Hall–Kier alpha value is -1.59. The van der Waals surface area contributed by atoms with Crippen molar-refractivity contribution >= 4 is 11.8 Å². The normalized spacial score (nSPS) is 12.2. The molecule has 0 unspecified atom stereocenters. The molecule has 5 heteroatoms. The lowest BCUT2D eigenvalue weighted by molar-refractivity contribution is 0.405. The predicted molar refractivity (Wildman–Crippen MR) is 76.1 cm³/mol. The number of nitrogens with two attached hydrogens (primary N) is 1. The molecule has 0 amide bonds. The van der Waals surface area contributed by atoms with Crippen LogP contribution in [0.15, 0.2) is 46.2 Å². The Balaban J connectivity index is 2.45. The number of hydrogen-bond acceptors (Lipinski definition) is 3. The summed E-state index contributed by atoms with van der Waals surface area (Å²) < 4.78 is 32.2. The monoisotopic (exact) mass is 295 g/mol. The van der Waals surface area contributed by atoms with E-state index in [0.29, 0.717) is 5.75 Å². The van der Waals surface area contributed by atoms with Crippen LogP contribution in [0.4, 0.5) is 8.78 Å². The summed E-state index contributed by atoms with van der Waals surface area (Å²) >= 11 is 1.14. The van der Waals surface area contributed by atoms with Gasteiger partial charge in [-0.3, -0.25) is 0 Å². The second-order valence-corrected chi connectivity index (χ2v) is 5.42. The lowest BCUT2D eigenvalue weighted by Gasteiger charge is -2.16. The van der Waals surface area contributed by atoms with Gasteiger partial charge in [0.1, 0.15) is 17.4 Å². The zero-order valence-electron chi connectivity index (χ0n) is 11.2. The van der Waals surface area contributed by atoms with Crippen LogP contribution in [0.25, 0.3) is 0 Å². The smallest absolute Gasteiger partial charge is 0.137 e. The van der Waals surface area contributed by atoms with Crippen LogP contribution in [0, 0.1) is 11.6 Å². The highest BCUT2D eigenvalue weighted by Crippen LogP contribution is 2.38. The van der Waals surface area contributed by atoms with Crippen molar-refractivity contribution in [1.29, 1.82) is 0 Å². The van der Waals surface area contributed by atoms with Gasteiger partial charge in [0.15, 0.2) is 0 Å². The first-order valence-corrected chi connectivity index (χ1v) is 6.90. The minimum absolute atomic E-state index is 0.222. The van der Waals surface area contributed by atoms with Gasteiger partial charge in [0.25, 0.3) is 0 Å². The Bertz CT molecular complexity index is 617. The third-order valence-electron chi connectivity index (χ3n) is 2.81. The molecule has 20 heavy (non-hydrogen) atoms. The average Bonchev–Trinajstić information content (AvgIpc) is 2.42. The zero-order valence-corrected chi connectivity index (χ0v) is 12.0. The summed E-state index contributed by atoms with van der Waals surface area (Å²) in [6.07, 6.45) is 0. The number of halogens is 2. The van der Waals surface area contributed by atoms with Crippen LogP contribution in [-0.4, -0.2) is 7.11 Å². The van der Waals surface area contributed by atoms with Crippen LogP contribution in [0.2, 0.25) is 0 Å². The van der Waals surface area contributed by atoms with Gasteiger partial charge in [-0.2, -0.15) is 0 Å². The van der Waals surface area contributed by atoms with Gasteiger partial charge in [-0.05, 0) is 37.3 Å². The molecule has 0 aromatic heterocycles. The average molecular weight is 295 g/mol. The number of hydrogen-bond donors (Lipinski definition) is 1. The van der Waals surface area contributed by atoms with Crippen LogP contribution in [0.5, 0.6) is 5.75 Å². The van der Waals surface area contributed by atoms with Gasteiger partial charge in [0.05, 0.1) is 12.0 Å². The molecule has 0 bridgehead atoms. The largest absolute Gasteiger partial charge is 0.496 e. The van der Waals surface area contributed by atoms with Crippen LogP contribution in [0.1, 0.15) is 18.5 Å². The second kappa shape index (κ2) is 6.24. The van der Waals surface area contributed by atoms with E-state index < -0.39 is 11.6 Å². The van der Waals surface area contributed by atoms with E-state index in [1.165, 1.54) is 6.07 Å². The van der Waals surface area contributed by atoms with Crippen molar-refractivity contribution < 1.29 is 13.5 Å². The van der Waals surface area contributed by atoms with Crippen LogP contribution in [0.3, 0.4) is 0 Å². The summed E-state index contributed by atoms with van der Waals surface area (Å²) in [6, 6.07) is 8.52. The van der Waals surface area contributed by atoms with Gasteiger partial charge in [0, 0.05) is 16.5 Å². The van der Waals surface area contributed by atoms with Crippen LogP contribution < -0.4 is 10.5 Å². The molecule has 2 aromatic carbocycles. The molecule has 2 N–H and O–H groups in total. The Labute approximate surface area is 120 Å². The van der Waals surface area contributed by atoms with Crippen molar-refractivity contribution in [1.82, 2.24) is 0 Å². The Kier molecular flexibility index (Phi) is 4.62. The van der Waals surface area contributed by atoms with Gasteiger partial charge < -0.3 is 10.5 Å². The standard InChI is InChI=1S/C15H15F2NOS/c1-9(18)15-12(19-2)4-3-5-13(15)20-14-8-10(16)6-7-11(14)17/h3-9H,18H2,1-2H3/t9-/m1/s1. The molecule has 0 fully saturated rings. The first kappa shape index (κ1) is 14.8. The maximum absolute atomic E-state index is 13.7. The summed E-state index contributed by atoms with van der Waals surface area (Å²) in [6.45, 7) is 1.82. The fraction of sp³-hybridized carbons (Fsp3) is 0.200. The third kappa shape index (κ3) is 3.11. The Morgan fingerprint density at radius 1 is 1.15 bits per heavy atom. The molecule has 0 aliphatic carbocycles. The van der Waals surface area contributed by atoms with Gasteiger partial charge in [-0.1, -0.05) is 17.8 Å². The lowest BCUT2D eigenvalue weighted by atomic mass is 10.1. The predicted octanol–water partition coefficient (Wildman–Crippen LogP) is 4.14. The Morgan fingerprint density at radius 2 is 1.90 bits per heavy atom. The maximum atomic E-state index is 13.7. The highest BCUT2D eigenvalue weighted by molar-refractivity contribution is 7.99. The van der Waals surface area contributed by atoms with Crippen molar-refractivity contribution in [3.05, 3.63) is 53.6 Å². The molecule has 0 spiro atoms. The number of ether oxygens (including phenoxy) is 1. The van der Waals surface area contributed by atoms with E-state index in [-0.39, 0.29) is 10.9 Å². The van der Waals surface area contributed by atoms with Crippen LogP contribution in [-0.2, 0) is 0 Å². The molecular weight excluding hydrogens is 280 g/mol. The van der Waals surface area contributed by atoms with Crippen molar-refractivity contribution in [3.8, 4) is 5.75 Å². The second-order valence-electron chi connectivity index (χ2n) is 4.34. The molecule has 0 saturated heterocycles. The minimum atomic E-state index is -0.473. The topological polar surface area (TPSA) is 35.2 Å². The van der Waals surface area contributed by atoms with Crippen molar-refractivity contribution in [2.24, 2.45) is 5.73 Å². The van der Waals surface area contributed by atoms with Gasteiger partial charge >= 0.3 is 0 Å². The summed E-state index contributed by atoms with van der Waals surface area (Å²) in [5.41, 5.74) is 6.73. The van der Waals surface area contributed by atoms with Gasteiger partial charge in [-0.15, -0.1) is 0 Å². The Morgan fingerprint density at radius 3 is 2.55 bits per heavy atom. The van der Waals surface area contributed by atoms with E-state index >= 15 is 0 Å². The summed E-state index contributed by atoms with van der Waals surface area (Å²) in [4.78, 5) is 0.976. The SMILES string of the molecule is COc1cccc(Sc2cc(F)ccc2F)c1[C@@H](C)N. The van der Waals surface area contributed by atoms with E-state index in [2.05, 4.69) is 0 Å². The molecule has 2 rings (SSSR count). The summed E-state index contributed by atoms with van der Waals surface area (Å²) in [7, 11) is 1.55. The molecular formula is C15H15F2NOS. The molecule has 0 saturated carbocycles. The molecule has 0 aliphatic rings. The molecule has 106 valence electrons. The summed E-state index contributed by atoms with van der Waals surface area (Å²) in [5.74, 6) is -0.296. The number of rotatable bonds is 4. The fourth-order valence-corrected chi connectivity index (χ4v) is 3.03. The van der Waals surface area contributed by atoms with Crippen molar-refractivity contribution in [3.63, 3.8) is 0 Å². The van der Waals surface area contributed by atoms with E-state index in [9.17, 15) is 8.78 Å². The van der Waals surface area contributed by atoms with E-state index in [0.717, 1.165) is 34.4 Å². The molecule has 1 atom stereocenters. The fourth-order valence-electron chi connectivity index (χ4n) is 1.91. The molecule has 0 aliphatic heterocycles. The zero-order chi connectivity index (χ0) is 14.7. The van der Waals surface area contributed by atoms with Gasteiger partial charge in [0.2, 0.25) is 0 Å². The molecule has 2 aromatic rings. The first-order valence-electron chi connectivity index (χ1n) is 6.08. The number of benzene rings is 2. The first-order chi connectivity index (χ1) is 9.52. The molecule has 0 radical (unpaired) electrons. The highest BCUT2D eigenvalue weighted by Gasteiger charge is 2.15. The summed E-state index contributed by atoms with van der Waals surface area (Å²) in [5, 5.41) is 0. The van der Waals surface area contributed by atoms with E-state index in [4.69, 9.17) is 10.5 Å². The minimum Gasteiger partial charge on any atom is -0.496 e. The third-order valence-corrected chi connectivity index (χ3v) is 3.92.